The number of rotatable bonds is 44. The van der Waals surface area contributed by atoms with Gasteiger partial charge in [0.15, 0.2) is 0 Å². The number of ether oxygens (including phenoxy) is 10. The SMILES string of the molecule is CC(C)[C@H](NC(=O)CCOCCOCCOCCOCCOCCOCCN1C(=O)C=CC1=O)C(=O)N[C@@H](CCCNC(N)=O)C(=O)Nc1ccc(COC(=O)N(C)CCN(C)C(=O)Oc2cc3c(c4ccccc24)[C@H](CCl)CN3C(=O)c2ccc(C(=O)N3C[C@@H](CCl)c4c3cc(O[C@@H]3OC(CO)[C@H](O)C(O)[C@@H]3O)c3ccccc43)s2)cc1. The summed E-state index contributed by atoms with van der Waals surface area (Å²) in [6.45, 7) is 6.69. The van der Waals surface area contributed by atoms with Crippen LogP contribution >= 0.6 is 34.5 Å². The van der Waals surface area contributed by atoms with E-state index in [1.807, 2.05) is 24.3 Å². The normalized spacial score (nSPS) is 18.6. The summed E-state index contributed by atoms with van der Waals surface area (Å²) in [4.78, 5) is 139. The first-order valence-corrected chi connectivity index (χ1v) is 40.6. The number of amides is 11. The van der Waals surface area contributed by atoms with Gasteiger partial charge in [-0.15, -0.1) is 34.5 Å². The summed E-state index contributed by atoms with van der Waals surface area (Å²) in [5.41, 5.74) is 8.59. The van der Waals surface area contributed by atoms with Crippen LogP contribution in [-0.4, -0.2) is 288 Å². The highest BCUT2D eigenvalue weighted by atomic mass is 35.5. The van der Waals surface area contributed by atoms with Crippen LogP contribution in [0.15, 0.2) is 109 Å². The summed E-state index contributed by atoms with van der Waals surface area (Å²) in [6.07, 6.45) is -6.54. The van der Waals surface area contributed by atoms with Gasteiger partial charge in [-0.1, -0.05) is 74.5 Å². The standard InChI is InChI=1S/C81H100Cl2N10O24S/c1-48(2)70(88-65(95)23-28-108-30-32-110-34-36-112-38-39-113-37-35-111-33-31-109-29-27-91-66(96)21-22-67(91)97)75(102)87-57(14-9-24-85-79(84)105)74(101)86-52-17-15-49(16-18-52)47-114-80(106)89(3)25-26-90(4)81(107)117-61-41-59-69(56-13-8-6-11-54(56)61)51(43-83)45-93(59)77(104)64-20-19-63(118-64)76(103)92-44-50(42-82)68-55-12-7-5-10-53(55)60(40-58(68)92)115-78-73(100)72(99)71(98)62(46-94)116-78/h5-8,10-13,15-22,40-41,48,50-51,57,62,70-73,78,94,98-100H,9,14,23-39,42-47H2,1-4H3,(H,86,101)(H,87,102)(H,88,95)(H3,84,85,105)/t50-,51-,57+,62?,70+,71+,72?,73+,78-/m1/s1. The zero-order chi connectivity index (χ0) is 84.5. The Bertz CT molecular complexity index is 4500. The van der Waals surface area contributed by atoms with Crippen LogP contribution < -0.4 is 46.3 Å². The lowest BCUT2D eigenvalue weighted by Gasteiger charge is -2.39. The van der Waals surface area contributed by atoms with Crippen molar-refractivity contribution in [2.45, 2.75) is 94.3 Å². The highest BCUT2D eigenvalue weighted by molar-refractivity contribution is 7.16. The first kappa shape index (κ1) is 90.6. The number of primary amides is 1. The number of hydrogen-bond donors (Lipinski definition) is 9. The molecule has 37 heteroatoms. The monoisotopic (exact) mass is 1700 g/mol. The minimum absolute atomic E-state index is 0.00291. The van der Waals surface area contributed by atoms with Crippen molar-refractivity contribution in [3.63, 3.8) is 0 Å². The number of thiophene rings is 1. The van der Waals surface area contributed by atoms with Gasteiger partial charge in [0.25, 0.3) is 23.6 Å². The maximum atomic E-state index is 14.9. The third-order valence-corrected chi connectivity index (χ3v) is 21.8. The Labute approximate surface area is 694 Å². The van der Waals surface area contributed by atoms with Gasteiger partial charge >= 0.3 is 18.2 Å². The lowest BCUT2D eigenvalue weighted by atomic mass is 9.95. The number of nitrogens with zero attached hydrogens (tertiary/aromatic N) is 5. The van der Waals surface area contributed by atoms with E-state index < -0.39 is 103 Å². The first-order chi connectivity index (χ1) is 56.9. The van der Waals surface area contributed by atoms with Gasteiger partial charge in [-0.3, -0.25) is 38.5 Å². The van der Waals surface area contributed by atoms with E-state index in [4.69, 9.17) is 76.3 Å². The molecule has 5 aromatic carbocycles. The minimum atomic E-state index is -1.71. The molecule has 34 nitrogen and oxygen atoms in total. The van der Waals surface area contributed by atoms with Crippen LogP contribution in [-0.2, 0) is 68.5 Å². The number of hydrogen-bond acceptors (Lipinski definition) is 25. The number of imide groups is 1. The van der Waals surface area contributed by atoms with Gasteiger partial charge < -0.3 is 114 Å². The maximum Gasteiger partial charge on any atom is 0.415 e. The van der Waals surface area contributed by atoms with Crippen molar-refractivity contribution in [3.8, 4) is 11.5 Å². The number of carbonyl (C=O) groups excluding carboxylic acids is 10. The molecule has 1 fully saturated rings. The molecule has 5 heterocycles. The number of fused-ring (bicyclic) bond motifs is 6. The van der Waals surface area contributed by atoms with Crippen LogP contribution in [0, 0.1) is 5.92 Å². The fraction of sp³-hybridized carbons (Fsp3) is 0.481. The summed E-state index contributed by atoms with van der Waals surface area (Å²) < 4.78 is 56.6. The molecule has 118 heavy (non-hydrogen) atoms. The van der Waals surface area contributed by atoms with Gasteiger partial charge in [0.1, 0.15) is 54.6 Å². The number of likely N-dealkylation sites (N-methyl/N-ethyl adjacent to an activating group) is 2. The Morgan fingerprint density at radius 1 is 0.619 bits per heavy atom. The Balaban J connectivity index is 0.652. The Kier molecular flexibility index (Phi) is 34.1. The number of nitrogens with one attached hydrogen (secondary N) is 4. The minimum Gasteiger partial charge on any atom is -0.461 e. The molecule has 0 spiro atoms. The highest BCUT2D eigenvalue weighted by Gasteiger charge is 2.46. The number of urea groups is 1. The van der Waals surface area contributed by atoms with Crippen LogP contribution in [0.4, 0.5) is 31.4 Å². The van der Waals surface area contributed by atoms with E-state index in [2.05, 4.69) is 21.3 Å². The molecule has 1 saturated heterocycles. The molecular formula is C81H100Cl2N10O24S. The average Bonchev–Trinajstić information content (AvgIpc) is 1.58. The maximum absolute atomic E-state index is 14.9. The van der Waals surface area contributed by atoms with Crippen LogP contribution in [0.3, 0.4) is 0 Å². The number of halogens is 2. The van der Waals surface area contributed by atoms with E-state index in [-0.39, 0.29) is 148 Å². The van der Waals surface area contributed by atoms with E-state index in [0.717, 1.165) is 27.4 Å². The molecule has 638 valence electrons. The first-order valence-electron chi connectivity index (χ1n) is 38.7. The zero-order valence-electron chi connectivity index (χ0n) is 65.8. The van der Waals surface area contributed by atoms with Crippen LogP contribution in [0.25, 0.3) is 21.5 Å². The topological polar surface area (TPSA) is 434 Å². The summed E-state index contributed by atoms with van der Waals surface area (Å²) in [5, 5.41) is 55.1. The van der Waals surface area contributed by atoms with Crippen molar-refractivity contribution >= 4 is 133 Å². The van der Waals surface area contributed by atoms with Gasteiger partial charge in [-0.05, 0) is 70.5 Å². The van der Waals surface area contributed by atoms with Crippen molar-refractivity contribution in [1.29, 1.82) is 0 Å². The molecule has 0 aliphatic carbocycles. The molecule has 1 aromatic heterocycles. The lowest BCUT2D eigenvalue weighted by Crippen LogP contribution is -2.60. The van der Waals surface area contributed by atoms with Gasteiger partial charge in [0, 0.05) is 118 Å². The molecule has 10 rings (SSSR count). The molecule has 0 radical (unpaired) electrons. The Morgan fingerprint density at radius 2 is 1.12 bits per heavy atom. The predicted octanol–water partition coefficient (Wildman–Crippen LogP) is 5.33. The smallest absolute Gasteiger partial charge is 0.415 e. The third kappa shape index (κ3) is 23.9. The summed E-state index contributed by atoms with van der Waals surface area (Å²) in [5.74, 6) is -3.69. The molecule has 0 bridgehead atoms. The number of aliphatic hydroxyl groups excluding tert-OH is 4. The quantitative estimate of drug-likeness (QED) is 0.0133. The van der Waals surface area contributed by atoms with Gasteiger partial charge in [0.2, 0.25) is 24.0 Å². The van der Waals surface area contributed by atoms with Crippen molar-refractivity contribution < 1.29 is 116 Å². The fourth-order valence-electron chi connectivity index (χ4n) is 13.6. The second-order valence-electron chi connectivity index (χ2n) is 28.5. The Morgan fingerprint density at radius 3 is 1.64 bits per heavy atom. The molecule has 4 aliphatic heterocycles. The average molecular weight is 1700 g/mol. The van der Waals surface area contributed by atoms with E-state index in [0.29, 0.717) is 97.0 Å². The highest BCUT2D eigenvalue weighted by Crippen LogP contribution is 2.49. The molecule has 2 unspecified atom stereocenters. The summed E-state index contributed by atoms with van der Waals surface area (Å²) >= 11 is 14.3. The van der Waals surface area contributed by atoms with Crippen molar-refractivity contribution in [2.75, 3.05) is 166 Å². The number of anilines is 3. The van der Waals surface area contributed by atoms with Crippen LogP contribution in [0.5, 0.6) is 11.5 Å². The summed E-state index contributed by atoms with van der Waals surface area (Å²) in [7, 11) is 3.00. The van der Waals surface area contributed by atoms with E-state index >= 15 is 0 Å². The van der Waals surface area contributed by atoms with Crippen molar-refractivity contribution in [3.05, 3.63) is 136 Å². The molecule has 9 atom stereocenters. The number of nitrogens with two attached hydrogens (primary N) is 1. The van der Waals surface area contributed by atoms with Crippen LogP contribution in [0.1, 0.15) is 81.0 Å². The van der Waals surface area contributed by atoms with Crippen molar-refractivity contribution in [1.82, 2.24) is 30.7 Å². The van der Waals surface area contributed by atoms with Crippen LogP contribution in [0.2, 0.25) is 0 Å². The van der Waals surface area contributed by atoms with Gasteiger partial charge in [0.05, 0.1) is 114 Å². The lowest BCUT2D eigenvalue weighted by molar-refractivity contribution is -0.277. The third-order valence-electron chi connectivity index (χ3n) is 20.0. The van der Waals surface area contributed by atoms with Crippen molar-refractivity contribution in [2.24, 2.45) is 11.7 Å². The molecule has 6 aromatic rings. The number of carbonyl (C=O) groups is 10. The number of alkyl halides is 2. The predicted molar refractivity (Wildman–Crippen MR) is 434 cm³/mol. The zero-order valence-corrected chi connectivity index (χ0v) is 68.1. The second-order valence-corrected chi connectivity index (χ2v) is 30.2. The molecule has 11 amide bonds. The fourth-order valence-corrected chi connectivity index (χ4v) is 15.0. The molecule has 0 saturated carbocycles. The van der Waals surface area contributed by atoms with Gasteiger partial charge in [-0.2, -0.15) is 0 Å². The molecule has 10 N–H and O–H groups in total. The van der Waals surface area contributed by atoms with Gasteiger partial charge in [-0.25, -0.2) is 14.4 Å². The number of aliphatic hydroxyl groups is 4. The number of benzene rings is 5. The molecular weight excluding hydrogens is 1600 g/mol. The summed E-state index contributed by atoms with van der Waals surface area (Å²) in [6, 6.07) is 24.4. The van der Waals surface area contributed by atoms with E-state index in [1.165, 1.54) is 36.0 Å². The Hall–Kier alpha value is -9.70. The largest absolute Gasteiger partial charge is 0.461 e. The molecule has 4 aliphatic rings. The van der Waals surface area contributed by atoms with E-state index in [1.54, 1.807) is 96.4 Å². The van der Waals surface area contributed by atoms with E-state index in [9.17, 15) is 68.4 Å². The second kappa shape index (κ2) is 44.4.